The average molecular weight is 1590 g/mol. The number of halogens is 1. The topological polar surface area (TPSA) is 252 Å². The third kappa shape index (κ3) is 32.4. The van der Waals surface area contributed by atoms with Crippen molar-refractivity contribution >= 4 is 82.3 Å². The zero-order valence-electron chi connectivity index (χ0n) is 75.2. The third-order valence-electron chi connectivity index (χ3n) is 19.3. The number of nitrogens with zero attached hydrogens (tertiary/aromatic N) is 5. The first kappa shape index (κ1) is 103. The van der Waals surface area contributed by atoms with Crippen molar-refractivity contribution in [1.82, 2.24) is 29.8 Å². The van der Waals surface area contributed by atoms with Gasteiger partial charge in [-0.2, -0.15) is 0 Å². The largest absolute Gasteiger partial charge is 0.486 e. The number of ketones is 2. The number of rotatable bonds is 0. The van der Waals surface area contributed by atoms with Gasteiger partial charge < -0.3 is 19.7 Å². The van der Waals surface area contributed by atoms with Gasteiger partial charge in [-0.05, 0) is 222 Å². The molecule has 113 heavy (non-hydrogen) atoms. The lowest BCUT2D eigenvalue weighted by atomic mass is 9.73. The van der Waals surface area contributed by atoms with Crippen molar-refractivity contribution in [2.75, 3.05) is 13.2 Å². The van der Waals surface area contributed by atoms with Crippen LogP contribution in [0.15, 0.2) is 143 Å². The number of allylic oxidation sites excluding steroid dienone is 6. The minimum Gasteiger partial charge on any atom is -0.486 e. The van der Waals surface area contributed by atoms with Crippen molar-refractivity contribution in [1.29, 1.82) is 0 Å². The van der Waals surface area contributed by atoms with Crippen LogP contribution in [0, 0.1) is 44.8 Å². The molecule has 630 valence electrons. The molecule has 2 aliphatic carbocycles. The second kappa shape index (κ2) is 40.8. The van der Waals surface area contributed by atoms with E-state index in [2.05, 4.69) is 161 Å². The second-order valence-electron chi connectivity index (χ2n) is 40.0. The maximum atomic E-state index is 11.6. The summed E-state index contributed by atoms with van der Waals surface area (Å²) >= 11 is 5.68. The Labute approximate surface area is 683 Å². The van der Waals surface area contributed by atoms with Crippen LogP contribution in [-0.4, -0.2) is 148 Å². The molecule has 0 spiro atoms. The van der Waals surface area contributed by atoms with E-state index in [1.807, 2.05) is 91.5 Å². The fraction of sp³-hybridized carbons (Fsp3) is 0.609. The van der Waals surface area contributed by atoms with Crippen LogP contribution in [0.3, 0.4) is 0 Å². The molecular formula is C92H141ClN6O14. The summed E-state index contributed by atoms with van der Waals surface area (Å²) in [5.74, 6) is 0.782. The fourth-order valence-electron chi connectivity index (χ4n) is 12.2. The summed E-state index contributed by atoms with van der Waals surface area (Å²) in [7, 11) is 0. The molecular weight excluding hydrogens is 1450 g/mol. The van der Waals surface area contributed by atoms with E-state index in [0.717, 1.165) is 37.5 Å². The van der Waals surface area contributed by atoms with Crippen molar-refractivity contribution in [3.63, 3.8) is 0 Å². The minimum absolute atomic E-state index is 0.0208. The molecule has 1 N–H and O–H groups in total. The molecule has 10 rings (SSSR count). The van der Waals surface area contributed by atoms with Gasteiger partial charge in [-0.3, -0.25) is 72.3 Å². The van der Waals surface area contributed by atoms with Crippen LogP contribution < -0.4 is 5.32 Å². The van der Waals surface area contributed by atoms with Crippen LogP contribution in [0.5, 0.6) is 0 Å². The summed E-state index contributed by atoms with van der Waals surface area (Å²) in [4.78, 5) is 142. The number of ether oxygens (including phenoxy) is 2. The maximum absolute atomic E-state index is 11.6. The van der Waals surface area contributed by atoms with Crippen molar-refractivity contribution in [2.24, 2.45) is 44.8 Å². The Morgan fingerprint density at radius 2 is 0.912 bits per heavy atom. The Hall–Kier alpha value is -8.39. The monoisotopic (exact) mass is 1590 g/mol. The normalized spacial score (nSPS) is 21.9. The Balaban J connectivity index is 0.000000628. The molecule has 0 radical (unpaired) electrons. The molecule has 8 aliphatic heterocycles. The van der Waals surface area contributed by atoms with Crippen molar-refractivity contribution in [3.8, 4) is 0 Å². The first-order chi connectivity index (χ1) is 50.8. The lowest BCUT2D eigenvalue weighted by Crippen LogP contribution is -2.46. The van der Waals surface area contributed by atoms with Crippen molar-refractivity contribution in [3.05, 3.63) is 143 Å². The minimum atomic E-state index is -0.508. The van der Waals surface area contributed by atoms with Gasteiger partial charge in [-0.1, -0.05) is 165 Å². The molecule has 0 saturated carbocycles. The molecule has 5 unspecified atom stereocenters. The Bertz CT molecular complexity index is 3690. The summed E-state index contributed by atoms with van der Waals surface area (Å²) in [6, 6.07) is -0.0208. The van der Waals surface area contributed by atoms with Crippen LogP contribution in [0.4, 0.5) is 0 Å². The van der Waals surface area contributed by atoms with E-state index in [1.165, 1.54) is 62.3 Å². The number of hydrogen-bond donors (Lipinski definition) is 1. The molecule has 21 heteroatoms. The quantitative estimate of drug-likeness (QED) is 0.175. The summed E-state index contributed by atoms with van der Waals surface area (Å²) in [5, 5.41) is 3.06. The van der Waals surface area contributed by atoms with Crippen molar-refractivity contribution in [2.45, 2.75) is 307 Å². The standard InChI is InChI=1S/C11H18.C10H15NO2.C10H16O.C9H12ClNO2.C9H13NO2.C9H15NO.C9H14O2.C9H14O.C8H11NO2.C8H13NO/c1-9-6-5-7-10(8-9)11(2,3)4;1-6-7(2)9(13)11(8(6)12)10(3,4)5;1-10(2,3)8-6-4-5-7-9(8)11;1-5-6(10)8(13)11(7(5)12)9(2,3)4;1-6-5-7(11)10(8(6)12)9(2,3)4;1-9(2,3)10-7-5-4-6-8(10)11;1-9(2,3)7-4-5-8(10)11-6-7;1-7-5-6-8(10-7)9(2,3)4;1-8(2,3)9-6(10)4-5-7(9)11;1-8(2,3)7-6(10)4-5-9-7/h5-6,10H,1,7-8H2,2-4H3;1-5H3;5,7-8H,4,6H2,1-3H3;1-4H3;5H,1-4H3;4,6H,5,7H2,1-3H3;4-5,7H,6H2,1-3H3;5-6,8H,1H2,2-4H3;4-5H,1-3H3;4-5,7,9H,1-3H3. The lowest BCUT2D eigenvalue weighted by molar-refractivity contribution is -0.144. The predicted molar refractivity (Wildman–Crippen MR) is 454 cm³/mol. The lowest BCUT2D eigenvalue weighted by Gasteiger charge is -2.36. The number of amides is 9. The number of hydrogen-bond acceptors (Lipinski definition) is 15. The molecule has 5 atom stereocenters. The van der Waals surface area contributed by atoms with Gasteiger partial charge in [0.25, 0.3) is 47.3 Å². The third-order valence-corrected chi connectivity index (χ3v) is 19.8. The fourth-order valence-corrected chi connectivity index (χ4v) is 12.4. The van der Waals surface area contributed by atoms with E-state index in [4.69, 9.17) is 21.1 Å². The van der Waals surface area contributed by atoms with E-state index < -0.39 is 28.1 Å². The van der Waals surface area contributed by atoms with Gasteiger partial charge in [0, 0.05) is 104 Å². The van der Waals surface area contributed by atoms with Gasteiger partial charge in [-0.15, -0.1) is 0 Å². The average Bonchev–Trinajstić information content (AvgIpc) is 1.63. The van der Waals surface area contributed by atoms with Gasteiger partial charge in [0.15, 0.2) is 11.6 Å². The predicted octanol–water partition coefficient (Wildman–Crippen LogP) is 18.0. The highest BCUT2D eigenvalue weighted by molar-refractivity contribution is 6.48. The van der Waals surface area contributed by atoms with Crippen molar-refractivity contribution < 1.29 is 67.0 Å². The molecule has 0 bridgehead atoms. The highest BCUT2D eigenvalue weighted by atomic mass is 35.5. The smallest absolute Gasteiger partial charge is 0.330 e. The molecule has 9 amide bonds. The first-order valence-corrected chi connectivity index (χ1v) is 39.5. The number of nitrogens with one attached hydrogen (secondary N) is 1. The van der Waals surface area contributed by atoms with Crippen LogP contribution in [-0.2, 0) is 67.0 Å². The number of carbonyl (C=O) groups is 12. The summed E-state index contributed by atoms with van der Waals surface area (Å²) < 4.78 is 10.3. The van der Waals surface area contributed by atoms with E-state index in [-0.39, 0.29) is 109 Å². The zero-order valence-corrected chi connectivity index (χ0v) is 76.0. The number of esters is 1. The second-order valence-corrected chi connectivity index (χ2v) is 40.4. The molecule has 0 aromatic carbocycles. The molecule has 0 fully saturated rings. The van der Waals surface area contributed by atoms with Crippen LogP contribution in [0.2, 0.25) is 0 Å². The van der Waals surface area contributed by atoms with Gasteiger partial charge in [0.05, 0.1) is 12.6 Å². The van der Waals surface area contributed by atoms with E-state index in [9.17, 15) is 57.5 Å². The van der Waals surface area contributed by atoms with Crippen LogP contribution >= 0.6 is 11.6 Å². The van der Waals surface area contributed by atoms with Gasteiger partial charge in [-0.25, -0.2) is 4.79 Å². The summed E-state index contributed by atoms with van der Waals surface area (Å²) in [6.07, 6.45) is 32.1. The highest BCUT2D eigenvalue weighted by Gasteiger charge is 2.43. The molecule has 8 heterocycles. The Morgan fingerprint density at radius 1 is 0.434 bits per heavy atom. The SMILES string of the molecule is C=C1C=CC(C(C)(C)C)O1.C=C1C=CCC(C(C)(C)C)C1.CC(C)(C)C1C=CC(=O)OC1.CC(C)(C)C1CCC=CC1=O.CC(C)(C)C1NC=CC1=O.CC(C)(C)N1C(=O)C=CC1=O.CC(C)(C)N1CCC=CC1=O.CC1=C(C)C(=O)N(C(C)(C)C)C1=O.CC1=C(Cl)C(=O)N(C(C)(C)C)C1=O.CC1=CC(=O)N(C(C)(C)C)C1=O. The zero-order chi connectivity index (χ0) is 88.4. The molecule has 0 aromatic rings. The van der Waals surface area contributed by atoms with E-state index in [1.54, 1.807) is 72.9 Å². The van der Waals surface area contributed by atoms with Crippen LogP contribution in [0.25, 0.3) is 0 Å². The van der Waals surface area contributed by atoms with Gasteiger partial charge in [0.1, 0.15) is 16.9 Å². The number of imide groups is 4. The van der Waals surface area contributed by atoms with E-state index >= 15 is 0 Å². The Kier molecular flexibility index (Phi) is 37.0. The molecule has 0 aromatic heterocycles. The van der Waals surface area contributed by atoms with Crippen LogP contribution in [0.1, 0.15) is 268 Å². The first-order valence-electron chi connectivity index (χ1n) is 39.2. The van der Waals surface area contributed by atoms with E-state index in [0.29, 0.717) is 46.0 Å². The molecule has 20 nitrogen and oxygen atoms in total. The number of cyclic esters (lactones) is 1. The number of carbonyl (C=O) groups excluding carboxylic acids is 12. The molecule has 10 aliphatic rings. The summed E-state index contributed by atoms with van der Waals surface area (Å²) in [6.45, 7) is 76.2. The molecule has 0 saturated heterocycles. The Morgan fingerprint density at radius 3 is 1.16 bits per heavy atom. The van der Waals surface area contributed by atoms with Gasteiger partial charge >= 0.3 is 5.97 Å². The van der Waals surface area contributed by atoms with Gasteiger partial charge in [0.2, 0.25) is 5.91 Å². The summed E-state index contributed by atoms with van der Waals surface area (Å²) in [5.41, 5.74) is 2.50. The highest BCUT2D eigenvalue weighted by Crippen LogP contribution is 2.38. The maximum Gasteiger partial charge on any atom is 0.330 e.